The number of amides is 1. The fourth-order valence-electron chi connectivity index (χ4n) is 2.25. The minimum absolute atomic E-state index is 0.122. The molecule has 0 radical (unpaired) electrons. The van der Waals surface area contributed by atoms with E-state index in [2.05, 4.69) is 15.2 Å². The molecule has 1 amide bonds. The standard InChI is InChI=1S/C17H17N5O2S/c1-2-24-13-8-6-12(7-9-13)22-16(14-5-3-4-10-19-14)20-21-17(22)25-11-15(18)23/h3-10H,2,11H2,1H3,(H2,18,23). The summed E-state index contributed by atoms with van der Waals surface area (Å²) in [6.07, 6.45) is 1.70. The van der Waals surface area contributed by atoms with Gasteiger partial charge in [-0.15, -0.1) is 10.2 Å². The molecule has 3 aromatic rings. The van der Waals surface area contributed by atoms with E-state index in [0.29, 0.717) is 23.3 Å². The first-order valence-electron chi connectivity index (χ1n) is 7.70. The molecule has 0 aliphatic carbocycles. The molecule has 0 aliphatic heterocycles. The second-order valence-corrected chi connectivity index (χ2v) is 5.98. The molecule has 2 N–H and O–H groups in total. The summed E-state index contributed by atoms with van der Waals surface area (Å²) >= 11 is 1.24. The van der Waals surface area contributed by atoms with Crippen molar-refractivity contribution in [3.05, 3.63) is 48.7 Å². The molecule has 128 valence electrons. The molecule has 0 bridgehead atoms. The fraction of sp³-hybridized carbons (Fsp3) is 0.176. The van der Waals surface area contributed by atoms with E-state index in [0.717, 1.165) is 11.4 Å². The largest absolute Gasteiger partial charge is 0.494 e. The molecule has 0 unspecified atom stereocenters. The van der Waals surface area contributed by atoms with Crippen molar-refractivity contribution in [1.29, 1.82) is 0 Å². The Hall–Kier alpha value is -2.87. The Morgan fingerprint density at radius 2 is 2.00 bits per heavy atom. The van der Waals surface area contributed by atoms with Crippen LogP contribution in [0.15, 0.2) is 53.8 Å². The number of carbonyl (C=O) groups excluding carboxylic acids is 1. The van der Waals surface area contributed by atoms with Crippen molar-refractivity contribution in [2.45, 2.75) is 12.1 Å². The number of pyridine rings is 1. The Kier molecular flexibility index (Phi) is 5.30. The van der Waals surface area contributed by atoms with Crippen LogP contribution in [0.2, 0.25) is 0 Å². The van der Waals surface area contributed by atoms with Gasteiger partial charge in [0.2, 0.25) is 5.91 Å². The van der Waals surface area contributed by atoms with Gasteiger partial charge in [-0.05, 0) is 43.3 Å². The number of nitrogens with two attached hydrogens (primary N) is 1. The summed E-state index contributed by atoms with van der Waals surface area (Å²) in [6, 6.07) is 13.2. The summed E-state index contributed by atoms with van der Waals surface area (Å²) in [6.45, 7) is 2.54. The lowest BCUT2D eigenvalue weighted by molar-refractivity contribution is -0.115. The van der Waals surface area contributed by atoms with E-state index >= 15 is 0 Å². The third-order valence-electron chi connectivity index (χ3n) is 3.28. The van der Waals surface area contributed by atoms with Crippen LogP contribution >= 0.6 is 11.8 Å². The quantitative estimate of drug-likeness (QED) is 0.653. The van der Waals surface area contributed by atoms with E-state index in [9.17, 15) is 4.79 Å². The van der Waals surface area contributed by atoms with Crippen LogP contribution in [0.4, 0.5) is 0 Å². The Morgan fingerprint density at radius 1 is 1.20 bits per heavy atom. The number of benzene rings is 1. The predicted octanol–water partition coefficient (Wildman–Crippen LogP) is 2.31. The molecule has 3 rings (SSSR count). The molecule has 1 aromatic carbocycles. The summed E-state index contributed by atoms with van der Waals surface area (Å²) in [7, 11) is 0. The minimum Gasteiger partial charge on any atom is -0.494 e. The first kappa shape index (κ1) is 17.0. The zero-order chi connectivity index (χ0) is 17.6. The van der Waals surface area contributed by atoms with E-state index in [-0.39, 0.29) is 5.75 Å². The maximum atomic E-state index is 11.1. The lowest BCUT2D eigenvalue weighted by atomic mass is 10.3. The summed E-state index contributed by atoms with van der Waals surface area (Å²) in [4.78, 5) is 15.5. The van der Waals surface area contributed by atoms with E-state index < -0.39 is 5.91 Å². The van der Waals surface area contributed by atoms with E-state index in [1.165, 1.54) is 11.8 Å². The number of aromatic nitrogens is 4. The van der Waals surface area contributed by atoms with Crippen LogP contribution in [0, 0.1) is 0 Å². The number of ether oxygens (including phenoxy) is 1. The van der Waals surface area contributed by atoms with Crippen LogP contribution < -0.4 is 10.5 Å². The molecule has 7 nitrogen and oxygen atoms in total. The SMILES string of the molecule is CCOc1ccc(-n2c(SCC(N)=O)nnc2-c2ccccn2)cc1. The number of hydrogen-bond donors (Lipinski definition) is 1. The van der Waals surface area contributed by atoms with Crippen molar-refractivity contribution in [2.24, 2.45) is 5.73 Å². The summed E-state index contributed by atoms with van der Waals surface area (Å²) in [5, 5.41) is 9.02. The monoisotopic (exact) mass is 355 g/mol. The van der Waals surface area contributed by atoms with Gasteiger partial charge in [0.05, 0.1) is 18.0 Å². The second-order valence-electron chi connectivity index (χ2n) is 5.04. The van der Waals surface area contributed by atoms with Crippen molar-refractivity contribution in [1.82, 2.24) is 19.7 Å². The molecule has 0 saturated carbocycles. The molecule has 0 aliphatic rings. The van der Waals surface area contributed by atoms with Crippen LogP contribution in [0.3, 0.4) is 0 Å². The lowest BCUT2D eigenvalue weighted by Crippen LogP contribution is -2.13. The molecule has 0 spiro atoms. The Labute approximate surface area is 149 Å². The van der Waals surface area contributed by atoms with Crippen molar-refractivity contribution < 1.29 is 9.53 Å². The van der Waals surface area contributed by atoms with Gasteiger partial charge >= 0.3 is 0 Å². The van der Waals surface area contributed by atoms with Crippen LogP contribution in [-0.4, -0.2) is 38.0 Å². The van der Waals surface area contributed by atoms with Crippen LogP contribution in [0.1, 0.15) is 6.92 Å². The lowest BCUT2D eigenvalue weighted by Gasteiger charge is -2.10. The van der Waals surface area contributed by atoms with Crippen LogP contribution in [0.25, 0.3) is 17.2 Å². The Bertz CT molecular complexity index is 849. The van der Waals surface area contributed by atoms with Gasteiger partial charge in [0, 0.05) is 6.20 Å². The number of primary amides is 1. The number of thioether (sulfide) groups is 1. The number of carbonyl (C=O) groups is 1. The maximum Gasteiger partial charge on any atom is 0.227 e. The van der Waals surface area contributed by atoms with Crippen molar-refractivity contribution >= 4 is 17.7 Å². The van der Waals surface area contributed by atoms with Crippen LogP contribution in [0.5, 0.6) is 5.75 Å². The van der Waals surface area contributed by atoms with Gasteiger partial charge in [-0.25, -0.2) is 0 Å². The van der Waals surface area contributed by atoms with E-state index in [4.69, 9.17) is 10.5 Å². The first-order chi connectivity index (χ1) is 12.2. The smallest absolute Gasteiger partial charge is 0.227 e. The fourth-order valence-corrected chi connectivity index (χ4v) is 2.94. The third kappa shape index (κ3) is 3.97. The molecule has 0 atom stereocenters. The second kappa shape index (κ2) is 7.80. The minimum atomic E-state index is -0.411. The maximum absolute atomic E-state index is 11.1. The van der Waals surface area contributed by atoms with Gasteiger partial charge in [0.1, 0.15) is 11.4 Å². The molecule has 0 saturated heterocycles. The molecule has 2 aromatic heterocycles. The molecule has 0 fully saturated rings. The highest BCUT2D eigenvalue weighted by atomic mass is 32.2. The summed E-state index contributed by atoms with van der Waals surface area (Å²) in [5.41, 5.74) is 6.79. The highest BCUT2D eigenvalue weighted by Crippen LogP contribution is 2.27. The summed E-state index contributed by atoms with van der Waals surface area (Å²) < 4.78 is 7.34. The normalized spacial score (nSPS) is 10.6. The average molecular weight is 355 g/mol. The van der Waals surface area contributed by atoms with Gasteiger partial charge < -0.3 is 10.5 Å². The van der Waals surface area contributed by atoms with Crippen LogP contribution in [-0.2, 0) is 4.79 Å². The molecule has 25 heavy (non-hydrogen) atoms. The average Bonchev–Trinajstić information content (AvgIpc) is 3.05. The van der Waals surface area contributed by atoms with Gasteiger partial charge in [-0.3, -0.25) is 14.3 Å². The van der Waals surface area contributed by atoms with E-state index in [1.807, 2.05) is 54.0 Å². The highest BCUT2D eigenvalue weighted by Gasteiger charge is 2.17. The Morgan fingerprint density at radius 3 is 2.64 bits per heavy atom. The predicted molar refractivity (Wildman–Crippen MR) is 95.7 cm³/mol. The van der Waals surface area contributed by atoms with E-state index in [1.54, 1.807) is 6.20 Å². The van der Waals surface area contributed by atoms with Gasteiger partial charge in [-0.2, -0.15) is 0 Å². The topological polar surface area (TPSA) is 95.9 Å². The number of rotatable bonds is 7. The number of nitrogens with zero attached hydrogens (tertiary/aromatic N) is 4. The van der Waals surface area contributed by atoms with Crippen molar-refractivity contribution in [3.63, 3.8) is 0 Å². The van der Waals surface area contributed by atoms with Crippen molar-refractivity contribution in [2.75, 3.05) is 12.4 Å². The van der Waals surface area contributed by atoms with Crippen molar-refractivity contribution in [3.8, 4) is 23.0 Å². The number of hydrogen-bond acceptors (Lipinski definition) is 6. The molecule has 8 heteroatoms. The van der Waals surface area contributed by atoms with Gasteiger partial charge in [0.25, 0.3) is 0 Å². The van der Waals surface area contributed by atoms with Gasteiger partial charge in [0.15, 0.2) is 11.0 Å². The zero-order valence-electron chi connectivity index (χ0n) is 13.6. The molecule has 2 heterocycles. The molecular weight excluding hydrogens is 338 g/mol. The third-order valence-corrected chi connectivity index (χ3v) is 4.23. The van der Waals surface area contributed by atoms with Gasteiger partial charge in [-0.1, -0.05) is 17.8 Å². The Balaban J connectivity index is 2.04. The highest BCUT2D eigenvalue weighted by molar-refractivity contribution is 7.99. The molecular formula is C17H17N5O2S. The first-order valence-corrected chi connectivity index (χ1v) is 8.68. The summed E-state index contributed by atoms with van der Waals surface area (Å²) in [5.74, 6) is 1.09. The zero-order valence-corrected chi connectivity index (χ0v) is 14.4.